The topological polar surface area (TPSA) is 50.2 Å². The largest absolute Gasteiger partial charge is 0.371 e. The molecule has 1 aliphatic rings. The van der Waals surface area contributed by atoms with E-state index in [1.807, 2.05) is 48.7 Å². The second-order valence-corrected chi connectivity index (χ2v) is 6.59. The highest BCUT2D eigenvalue weighted by Crippen LogP contribution is 2.23. The summed E-state index contributed by atoms with van der Waals surface area (Å²) in [5, 5.41) is 7.22. The number of carbonyl (C=O) groups excluding carboxylic acids is 1. The maximum atomic E-state index is 12.4. The smallest absolute Gasteiger partial charge is 0.228 e. The molecule has 0 radical (unpaired) electrons. The molecule has 0 saturated carbocycles. The van der Waals surface area contributed by atoms with Gasteiger partial charge < -0.3 is 10.2 Å². The molecular weight excluding hydrogens is 324 g/mol. The summed E-state index contributed by atoms with van der Waals surface area (Å²) in [5.74, 6) is -0.00425. The van der Waals surface area contributed by atoms with Gasteiger partial charge in [-0.3, -0.25) is 4.79 Å². The third kappa shape index (κ3) is 3.77. The molecule has 3 aromatic rings. The molecule has 132 valence electrons. The molecule has 1 amide bonds. The van der Waals surface area contributed by atoms with E-state index in [9.17, 15) is 4.79 Å². The third-order valence-corrected chi connectivity index (χ3v) is 4.67. The molecule has 0 spiro atoms. The van der Waals surface area contributed by atoms with Crippen LogP contribution in [0, 0.1) is 0 Å². The molecule has 0 unspecified atom stereocenters. The van der Waals surface area contributed by atoms with Gasteiger partial charge in [0.2, 0.25) is 5.91 Å². The van der Waals surface area contributed by atoms with Gasteiger partial charge in [-0.1, -0.05) is 18.2 Å². The van der Waals surface area contributed by atoms with Crippen LogP contribution in [-0.2, 0) is 11.2 Å². The Morgan fingerprint density at radius 1 is 1.00 bits per heavy atom. The predicted octanol–water partition coefficient (Wildman–Crippen LogP) is 3.65. The highest BCUT2D eigenvalue weighted by atomic mass is 16.1. The summed E-state index contributed by atoms with van der Waals surface area (Å²) >= 11 is 0. The molecule has 4 rings (SSSR count). The number of aromatic nitrogens is 2. The Hall–Kier alpha value is -3.08. The summed E-state index contributed by atoms with van der Waals surface area (Å²) in [7, 11) is 0. The molecule has 2 aromatic carbocycles. The van der Waals surface area contributed by atoms with Crippen LogP contribution in [0.15, 0.2) is 67.0 Å². The van der Waals surface area contributed by atoms with Crippen molar-refractivity contribution >= 4 is 17.3 Å². The summed E-state index contributed by atoms with van der Waals surface area (Å²) in [4.78, 5) is 14.8. The quantitative estimate of drug-likeness (QED) is 0.767. The summed E-state index contributed by atoms with van der Waals surface area (Å²) in [6.07, 6.45) is 6.48. The van der Waals surface area contributed by atoms with Crippen LogP contribution in [0.5, 0.6) is 0 Å². The summed E-state index contributed by atoms with van der Waals surface area (Å²) in [6.45, 7) is 2.19. The van der Waals surface area contributed by atoms with Crippen molar-refractivity contribution in [3.05, 3.63) is 72.6 Å². The minimum absolute atomic E-state index is 0.00425. The van der Waals surface area contributed by atoms with Crippen LogP contribution >= 0.6 is 0 Å². The van der Waals surface area contributed by atoms with E-state index in [1.54, 1.807) is 10.9 Å². The Balaban J connectivity index is 1.38. The van der Waals surface area contributed by atoms with Gasteiger partial charge in [0.25, 0.3) is 0 Å². The van der Waals surface area contributed by atoms with Gasteiger partial charge in [-0.05, 0) is 54.8 Å². The van der Waals surface area contributed by atoms with Gasteiger partial charge in [-0.15, -0.1) is 0 Å². The Kier molecular flexibility index (Phi) is 4.69. The number of nitrogens with zero attached hydrogens (tertiary/aromatic N) is 3. The molecule has 1 fully saturated rings. The first-order valence-electron chi connectivity index (χ1n) is 9.02. The number of hydrogen-bond donors (Lipinski definition) is 1. The van der Waals surface area contributed by atoms with Gasteiger partial charge in [0.1, 0.15) is 0 Å². The van der Waals surface area contributed by atoms with E-state index in [4.69, 9.17) is 0 Å². The lowest BCUT2D eigenvalue weighted by Gasteiger charge is -2.18. The lowest BCUT2D eigenvalue weighted by atomic mass is 10.1. The first-order valence-corrected chi connectivity index (χ1v) is 9.02. The minimum atomic E-state index is -0.00425. The van der Waals surface area contributed by atoms with E-state index >= 15 is 0 Å². The number of amides is 1. The maximum Gasteiger partial charge on any atom is 0.228 e. The van der Waals surface area contributed by atoms with Gasteiger partial charge in [0.15, 0.2) is 0 Å². The Bertz CT molecular complexity index is 865. The molecule has 1 aliphatic heterocycles. The first-order chi connectivity index (χ1) is 12.8. The first kappa shape index (κ1) is 16.4. The predicted molar refractivity (Wildman–Crippen MR) is 104 cm³/mol. The third-order valence-electron chi connectivity index (χ3n) is 4.67. The van der Waals surface area contributed by atoms with Crippen LogP contribution in [0.3, 0.4) is 0 Å². The second kappa shape index (κ2) is 7.44. The zero-order valence-electron chi connectivity index (χ0n) is 14.6. The lowest BCUT2D eigenvalue weighted by Crippen LogP contribution is -2.18. The summed E-state index contributed by atoms with van der Waals surface area (Å²) < 4.78 is 1.80. The van der Waals surface area contributed by atoms with Crippen molar-refractivity contribution in [1.29, 1.82) is 0 Å². The van der Waals surface area contributed by atoms with E-state index < -0.39 is 0 Å². The fourth-order valence-electron chi connectivity index (χ4n) is 3.33. The average Bonchev–Trinajstić information content (AvgIpc) is 3.37. The van der Waals surface area contributed by atoms with E-state index in [-0.39, 0.29) is 5.91 Å². The number of carbonyl (C=O) groups is 1. The summed E-state index contributed by atoms with van der Waals surface area (Å²) in [6, 6.07) is 17.9. The van der Waals surface area contributed by atoms with Crippen LogP contribution < -0.4 is 10.2 Å². The molecule has 26 heavy (non-hydrogen) atoms. The van der Waals surface area contributed by atoms with Crippen molar-refractivity contribution in [2.24, 2.45) is 0 Å². The van der Waals surface area contributed by atoms with Crippen LogP contribution in [-0.4, -0.2) is 28.8 Å². The number of hydrogen-bond acceptors (Lipinski definition) is 3. The van der Waals surface area contributed by atoms with Crippen molar-refractivity contribution in [2.45, 2.75) is 19.3 Å². The minimum Gasteiger partial charge on any atom is -0.371 e. The van der Waals surface area contributed by atoms with Crippen molar-refractivity contribution in [3.63, 3.8) is 0 Å². The molecule has 1 aromatic heterocycles. The fourth-order valence-corrected chi connectivity index (χ4v) is 3.33. The zero-order chi connectivity index (χ0) is 17.8. The Labute approximate surface area is 153 Å². The van der Waals surface area contributed by atoms with Gasteiger partial charge in [0.05, 0.1) is 12.1 Å². The average molecular weight is 346 g/mol. The summed E-state index contributed by atoms with van der Waals surface area (Å²) in [5.41, 5.74) is 4.00. The van der Waals surface area contributed by atoms with Crippen LogP contribution in [0.1, 0.15) is 18.4 Å². The molecule has 1 N–H and O–H groups in total. The van der Waals surface area contributed by atoms with Crippen molar-refractivity contribution in [1.82, 2.24) is 9.78 Å². The zero-order valence-corrected chi connectivity index (χ0v) is 14.6. The Morgan fingerprint density at radius 2 is 1.81 bits per heavy atom. The van der Waals surface area contributed by atoms with Gasteiger partial charge in [-0.2, -0.15) is 5.10 Å². The van der Waals surface area contributed by atoms with Crippen molar-refractivity contribution < 1.29 is 4.79 Å². The molecule has 5 nitrogen and oxygen atoms in total. The molecule has 0 aliphatic carbocycles. The van der Waals surface area contributed by atoms with Gasteiger partial charge >= 0.3 is 0 Å². The molecule has 1 saturated heterocycles. The molecular formula is C21H22N4O. The van der Waals surface area contributed by atoms with Gasteiger partial charge in [-0.25, -0.2) is 4.68 Å². The van der Waals surface area contributed by atoms with E-state index in [0.717, 1.165) is 30.0 Å². The highest BCUT2D eigenvalue weighted by Gasteiger charge is 2.13. The highest BCUT2D eigenvalue weighted by molar-refractivity contribution is 5.92. The lowest BCUT2D eigenvalue weighted by molar-refractivity contribution is -0.115. The molecule has 0 atom stereocenters. The van der Waals surface area contributed by atoms with Crippen molar-refractivity contribution in [2.75, 3.05) is 23.3 Å². The van der Waals surface area contributed by atoms with E-state index in [2.05, 4.69) is 27.4 Å². The van der Waals surface area contributed by atoms with Crippen LogP contribution in [0.2, 0.25) is 0 Å². The number of nitrogens with one attached hydrogen (secondary N) is 1. The SMILES string of the molecule is O=C(Cc1ccc(-n2cccn2)cc1)Nc1cccc(N2CCCC2)c1. The molecule has 5 heteroatoms. The standard InChI is InChI=1S/C21H22N4O/c26-21(15-17-7-9-19(10-8-17)25-14-4-11-22-25)23-18-5-3-6-20(16-18)24-12-1-2-13-24/h3-11,14,16H,1-2,12-13,15H2,(H,23,26). The number of anilines is 2. The van der Waals surface area contributed by atoms with Crippen LogP contribution in [0.4, 0.5) is 11.4 Å². The van der Waals surface area contributed by atoms with Crippen LogP contribution in [0.25, 0.3) is 5.69 Å². The number of benzene rings is 2. The number of rotatable bonds is 5. The normalized spacial score (nSPS) is 13.8. The fraction of sp³-hybridized carbons (Fsp3) is 0.238. The van der Waals surface area contributed by atoms with E-state index in [0.29, 0.717) is 6.42 Å². The van der Waals surface area contributed by atoms with E-state index in [1.165, 1.54) is 18.5 Å². The molecule has 0 bridgehead atoms. The molecule has 2 heterocycles. The monoisotopic (exact) mass is 346 g/mol. The van der Waals surface area contributed by atoms with Gasteiger partial charge in [0, 0.05) is 36.9 Å². The second-order valence-electron chi connectivity index (χ2n) is 6.59. The maximum absolute atomic E-state index is 12.4. The van der Waals surface area contributed by atoms with Crippen molar-refractivity contribution in [3.8, 4) is 5.69 Å². The Morgan fingerprint density at radius 3 is 2.54 bits per heavy atom.